The third kappa shape index (κ3) is 8.05. The van der Waals surface area contributed by atoms with Gasteiger partial charge in [0.1, 0.15) is 29.9 Å². The fourth-order valence-electron chi connectivity index (χ4n) is 4.02. The van der Waals surface area contributed by atoms with Gasteiger partial charge < -0.3 is 35.7 Å². The second-order valence-corrected chi connectivity index (χ2v) is 10.4. The molecule has 0 saturated heterocycles. The number of carbonyl (C=O) groups excluding carboxylic acids is 1. The molecule has 14 heteroatoms. The van der Waals surface area contributed by atoms with Crippen LogP contribution in [0, 0.1) is 0 Å². The van der Waals surface area contributed by atoms with Gasteiger partial charge in [-0.1, -0.05) is 24.3 Å². The molecule has 2 aromatic carbocycles. The van der Waals surface area contributed by atoms with E-state index in [-0.39, 0.29) is 51.1 Å². The van der Waals surface area contributed by atoms with Crippen molar-refractivity contribution in [2.75, 3.05) is 64.2 Å². The molecule has 2 aliphatic heterocycles. The summed E-state index contributed by atoms with van der Waals surface area (Å²) in [5.41, 5.74) is 8.20. The molecule has 5 N–H and O–H groups in total. The Bertz CT molecular complexity index is 1390. The van der Waals surface area contributed by atoms with Crippen molar-refractivity contribution < 1.29 is 33.1 Å². The molecule has 2 aliphatic rings. The lowest BCUT2D eigenvalue weighted by atomic mass is 10.1. The minimum atomic E-state index is -1.75. The number of nitrogens with two attached hydrogens (primary N) is 1. The highest BCUT2D eigenvalue weighted by molar-refractivity contribution is 7.82. The number of ether oxygens (including phenoxy) is 3. The molecule has 4 bridgehead atoms. The number of hydrogen-bond acceptors (Lipinski definition) is 10. The van der Waals surface area contributed by atoms with Crippen LogP contribution in [0.1, 0.15) is 16.1 Å². The molecule has 1 unspecified atom stereocenters. The Morgan fingerprint density at radius 3 is 2.59 bits per heavy atom. The molecule has 0 aliphatic carbocycles. The normalized spacial score (nSPS) is 17.4. The third-order valence-corrected chi connectivity index (χ3v) is 7.41. The molecule has 13 nitrogen and oxygen atoms in total. The minimum absolute atomic E-state index is 0.0489. The van der Waals surface area contributed by atoms with Gasteiger partial charge in [-0.3, -0.25) is 9.59 Å². The number of amides is 1. The summed E-state index contributed by atoms with van der Waals surface area (Å²) in [6.45, 7) is 1.40. The monoisotopic (exact) mass is 584 g/mol. The lowest BCUT2D eigenvalue weighted by Crippen LogP contribution is -2.34. The molecule has 1 atom stereocenters. The van der Waals surface area contributed by atoms with E-state index in [0.29, 0.717) is 34.1 Å². The van der Waals surface area contributed by atoms with E-state index in [1.807, 2.05) is 19.2 Å². The Hall–Kier alpha value is -3.95. The molecule has 5 rings (SSSR count). The van der Waals surface area contributed by atoms with Crippen molar-refractivity contribution in [2.45, 2.75) is 11.4 Å². The molecule has 0 fully saturated rings. The predicted molar refractivity (Wildman–Crippen MR) is 152 cm³/mol. The van der Waals surface area contributed by atoms with Gasteiger partial charge in [0.05, 0.1) is 48.9 Å². The van der Waals surface area contributed by atoms with Crippen molar-refractivity contribution in [2.24, 2.45) is 0 Å². The van der Waals surface area contributed by atoms with Crippen molar-refractivity contribution in [3.8, 4) is 17.0 Å². The highest BCUT2D eigenvalue weighted by Gasteiger charge is 2.21. The van der Waals surface area contributed by atoms with Crippen molar-refractivity contribution in [1.29, 1.82) is 0 Å². The third-order valence-electron chi connectivity index (χ3n) is 5.96. The van der Waals surface area contributed by atoms with Gasteiger partial charge in [-0.05, 0) is 25.2 Å². The van der Waals surface area contributed by atoms with Crippen LogP contribution in [0.4, 0.5) is 11.5 Å². The van der Waals surface area contributed by atoms with E-state index in [9.17, 15) is 18.9 Å². The maximum Gasteiger partial charge on any atom is 0.318 e. The number of nitrogens with one attached hydrogen (secondary N) is 2. The van der Waals surface area contributed by atoms with E-state index in [2.05, 4.69) is 20.6 Å². The van der Waals surface area contributed by atoms with E-state index in [4.69, 9.17) is 19.9 Å². The zero-order valence-electron chi connectivity index (χ0n) is 22.5. The van der Waals surface area contributed by atoms with Crippen LogP contribution in [0.25, 0.3) is 11.3 Å². The number of anilines is 2. The first kappa shape index (κ1) is 30.0. The zero-order chi connectivity index (χ0) is 29.2. The van der Waals surface area contributed by atoms with Crippen LogP contribution in [0.2, 0.25) is 0 Å². The number of carboxylic acids is 1. The topological polar surface area (TPSA) is 178 Å². The maximum absolute atomic E-state index is 13.3. The quantitative estimate of drug-likeness (QED) is 0.327. The van der Waals surface area contributed by atoms with Gasteiger partial charge in [-0.2, -0.15) is 0 Å². The minimum Gasteiger partial charge on any atom is -0.489 e. The first-order chi connectivity index (χ1) is 19.9. The highest BCUT2D eigenvalue weighted by Crippen LogP contribution is 2.30. The van der Waals surface area contributed by atoms with E-state index in [0.717, 1.165) is 5.56 Å². The molecule has 0 saturated carbocycles. The number of nitrogens with zero attached hydrogens (tertiary/aromatic N) is 3. The Labute approximate surface area is 239 Å². The van der Waals surface area contributed by atoms with Gasteiger partial charge in [-0.15, -0.1) is 0 Å². The van der Waals surface area contributed by atoms with E-state index < -0.39 is 29.4 Å². The van der Waals surface area contributed by atoms with Crippen molar-refractivity contribution in [1.82, 2.24) is 19.6 Å². The smallest absolute Gasteiger partial charge is 0.318 e. The standard InChI is InChI=1S/C27H32N6O7S/c1-29-15-19-3-2-4-21-25(19)40-14-13-39-12-11-38-10-9-33(17-23(34)35)41(37)20-7-5-18(6-8-20)22-16-30-26(28)24(31-22)27(36)32-21/h2-8,16,29H,9-15,17H2,1H3,(H2,28,30)(H,32,36)(H,34,35). The number of aromatic nitrogens is 2. The number of carboxylic acid groups (broad SMARTS) is 1. The molecule has 1 aromatic heterocycles. The van der Waals surface area contributed by atoms with Gasteiger partial charge in [0.15, 0.2) is 11.5 Å². The zero-order valence-corrected chi connectivity index (χ0v) is 23.3. The average Bonchev–Trinajstić information content (AvgIpc) is 2.96. The first-order valence-electron chi connectivity index (χ1n) is 12.8. The maximum atomic E-state index is 13.3. The number of carbonyl (C=O) groups is 2. The number of fused-ring (bicyclic) bond motifs is 13. The second-order valence-electron chi connectivity index (χ2n) is 8.87. The van der Waals surface area contributed by atoms with Gasteiger partial charge in [0.2, 0.25) is 0 Å². The number of aliphatic carboxylic acids is 1. The van der Waals surface area contributed by atoms with Crippen LogP contribution in [-0.2, 0) is 31.8 Å². The molecule has 3 aromatic rings. The van der Waals surface area contributed by atoms with Crippen LogP contribution < -0.4 is 21.1 Å². The molecule has 1 amide bonds. The lowest BCUT2D eigenvalue weighted by molar-refractivity contribution is -0.137. The molecule has 41 heavy (non-hydrogen) atoms. The van der Waals surface area contributed by atoms with Crippen LogP contribution in [0.3, 0.4) is 0 Å². The summed E-state index contributed by atoms with van der Waals surface area (Å²) in [5, 5.41) is 15.2. The number of para-hydroxylation sites is 1. The Balaban J connectivity index is 1.66. The van der Waals surface area contributed by atoms with Crippen LogP contribution in [0.15, 0.2) is 53.6 Å². The number of nitrogen functional groups attached to an aromatic ring is 1. The summed E-state index contributed by atoms with van der Waals surface area (Å²) in [4.78, 5) is 33.7. The Morgan fingerprint density at radius 2 is 1.85 bits per heavy atom. The van der Waals surface area contributed by atoms with Crippen LogP contribution in [-0.4, -0.2) is 88.6 Å². The predicted octanol–water partition coefficient (Wildman–Crippen LogP) is 1.53. The number of rotatable bonds is 4. The van der Waals surface area contributed by atoms with Gasteiger partial charge in [-0.25, -0.2) is 18.5 Å². The summed E-state index contributed by atoms with van der Waals surface area (Å²) in [7, 11) is 0.0577. The summed E-state index contributed by atoms with van der Waals surface area (Å²) in [6.07, 6.45) is 1.44. The summed E-state index contributed by atoms with van der Waals surface area (Å²) in [5.74, 6) is -1.24. The van der Waals surface area contributed by atoms with Crippen molar-refractivity contribution in [3.05, 3.63) is 59.9 Å². The summed E-state index contributed by atoms with van der Waals surface area (Å²) in [6, 6.07) is 12.0. The molecule has 218 valence electrons. The van der Waals surface area contributed by atoms with Gasteiger partial charge in [0, 0.05) is 24.2 Å². The molecule has 0 radical (unpaired) electrons. The molecule has 3 heterocycles. The van der Waals surface area contributed by atoms with Crippen molar-refractivity contribution >= 4 is 34.4 Å². The lowest BCUT2D eigenvalue weighted by Gasteiger charge is -2.19. The second kappa shape index (κ2) is 14.6. The first-order valence-corrected chi connectivity index (χ1v) is 14.0. The van der Waals surface area contributed by atoms with Crippen LogP contribution in [0.5, 0.6) is 5.75 Å². The number of benzene rings is 2. The molecular weight excluding hydrogens is 552 g/mol. The van der Waals surface area contributed by atoms with E-state index in [1.54, 1.807) is 30.3 Å². The largest absolute Gasteiger partial charge is 0.489 e. The Morgan fingerprint density at radius 1 is 1.12 bits per heavy atom. The molecule has 0 spiro atoms. The summed E-state index contributed by atoms with van der Waals surface area (Å²) < 4.78 is 31.6. The highest BCUT2D eigenvalue weighted by atomic mass is 32.2. The fourth-order valence-corrected chi connectivity index (χ4v) is 5.16. The average molecular weight is 585 g/mol. The van der Waals surface area contributed by atoms with E-state index in [1.165, 1.54) is 10.5 Å². The fraction of sp³-hybridized carbons (Fsp3) is 0.333. The SMILES string of the molecule is CNCc1cccc2c1OCCOCCOCCN(CC(=O)O)S(=O)c1ccc(cc1)-c1cnc(N)c(n1)C(=O)N2. The van der Waals surface area contributed by atoms with Crippen molar-refractivity contribution in [3.63, 3.8) is 0 Å². The Kier molecular flexibility index (Phi) is 10.7. The van der Waals surface area contributed by atoms with E-state index >= 15 is 0 Å². The molecular formula is C27H32N6O7S. The van der Waals surface area contributed by atoms with Gasteiger partial charge >= 0.3 is 5.97 Å². The van der Waals surface area contributed by atoms with Crippen LogP contribution >= 0.6 is 0 Å². The summed E-state index contributed by atoms with van der Waals surface area (Å²) >= 11 is 0. The van der Waals surface area contributed by atoms with Gasteiger partial charge in [0.25, 0.3) is 5.91 Å². The number of hydrogen-bond donors (Lipinski definition) is 4.